The van der Waals surface area contributed by atoms with Crippen molar-refractivity contribution in [3.05, 3.63) is 117 Å². The van der Waals surface area contributed by atoms with Crippen LogP contribution < -0.4 is 0 Å². The van der Waals surface area contributed by atoms with Crippen molar-refractivity contribution in [2.75, 3.05) is 20.8 Å². The largest absolute Gasteiger partial charge is 0.465 e. The van der Waals surface area contributed by atoms with Gasteiger partial charge in [-0.3, -0.25) is 19.3 Å². The average Bonchev–Trinajstić information content (AvgIpc) is 3.11. The minimum Gasteiger partial charge on any atom is -0.465 e. The Morgan fingerprint density at radius 2 is 1.32 bits per heavy atom. The van der Waals surface area contributed by atoms with E-state index in [-0.39, 0.29) is 24.8 Å². The van der Waals surface area contributed by atoms with Crippen LogP contribution in [0.15, 0.2) is 60.7 Å². The molecule has 0 unspecified atom stereocenters. The van der Waals surface area contributed by atoms with Crippen LogP contribution in [-0.4, -0.2) is 49.4 Å². The quantitative estimate of drug-likeness (QED) is 0.291. The summed E-state index contributed by atoms with van der Waals surface area (Å²) in [5, 5.41) is 0. The number of hydrogen-bond donors (Lipinski definition) is 0. The molecular weight excluding hydrogens is 484 g/mol. The lowest BCUT2D eigenvalue weighted by Crippen LogP contribution is -2.36. The molecule has 0 aromatic heterocycles. The number of amides is 2. The van der Waals surface area contributed by atoms with E-state index in [2.05, 4.69) is 4.85 Å². The van der Waals surface area contributed by atoms with Crippen molar-refractivity contribution in [2.24, 2.45) is 0 Å². The van der Waals surface area contributed by atoms with E-state index in [1.165, 1.54) is 19.1 Å². The summed E-state index contributed by atoms with van der Waals surface area (Å²) in [5.41, 5.74) is 3.15. The lowest BCUT2D eigenvalue weighted by atomic mass is 9.77. The molecule has 0 bridgehead atoms. The molecular formula is C30H24N2O6. The maximum atomic E-state index is 13.1. The molecule has 5 rings (SSSR count). The number of fused-ring (bicyclic) bond motifs is 3. The molecule has 1 heterocycles. The number of nitrogens with zero attached hydrogens (tertiary/aromatic N) is 2. The van der Waals surface area contributed by atoms with Crippen molar-refractivity contribution >= 4 is 23.8 Å². The van der Waals surface area contributed by atoms with Gasteiger partial charge in [0, 0.05) is 17.7 Å². The lowest BCUT2D eigenvalue weighted by molar-refractivity contribution is 0.0591. The number of methoxy groups -OCH3 is 2. The van der Waals surface area contributed by atoms with Crippen LogP contribution in [0, 0.1) is 6.57 Å². The monoisotopic (exact) mass is 508 g/mol. The molecule has 0 atom stereocenters. The van der Waals surface area contributed by atoms with E-state index in [0.717, 1.165) is 11.1 Å². The number of imide groups is 1. The fourth-order valence-electron chi connectivity index (χ4n) is 5.47. The molecule has 3 aromatic rings. The first-order valence-electron chi connectivity index (χ1n) is 12.1. The van der Waals surface area contributed by atoms with Gasteiger partial charge in [-0.15, -0.1) is 0 Å². The molecule has 0 N–H and O–H groups in total. The molecule has 190 valence electrons. The summed E-state index contributed by atoms with van der Waals surface area (Å²) in [6.45, 7) is 8.43. The Labute approximate surface area is 219 Å². The number of ether oxygens (including phenoxy) is 2. The van der Waals surface area contributed by atoms with Crippen LogP contribution in [0.2, 0.25) is 0 Å². The zero-order valence-corrected chi connectivity index (χ0v) is 20.9. The molecule has 3 aromatic carbocycles. The third kappa shape index (κ3) is 3.84. The van der Waals surface area contributed by atoms with Crippen molar-refractivity contribution < 1.29 is 28.7 Å². The summed E-state index contributed by atoms with van der Waals surface area (Å²) in [7, 11) is 2.62. The van der Waals surface area contributed by atoms with Crippen molar-refractivity contribution in [2.45, 2.75) is 24.8 Å². The zero-order valence-electron chi connectivity index (χ0n) is 20.9. The fourth-order valence-corrected chi connectivity index (χ4v) is 5.47. The van der Waals surface area contributed by atoms with Gasteiger partial charge < -0.3 is 9.47 Å². The highest BCUT2D eigenvalue weighted by atomic mass is 16.5. The predicted octanol–water partition coefficient (Wildman–Crippen LogP) is 4.21. The van der Waals surface area contributed by atoms with E-state index >= 15 is 0 Å². The van der Waals surface area contributed by atoms with Crippen molar-refractivity contribution in [3.8, 4) is 0 Å². The first-order chi connectivity index (χ1) is 18.3. The van der Waals surface area contributed by atoms with E-state index in [1.807, 2.05) is 0 Å². The third-order valence-electron chi connectivity index (χ3n) is 7.37. The second kappa shape index (κ2) is 9.60. The smallest absolute Gasteiger partial charge is 0.337 e. The Morgan fingerprint density at radius 3 is 1.74 bits per heavy atom. The van der Waals surface area contributed by atoms with E-state index in [0.29, 0.717) is 46.2 Å². The molecule has 0 saturated heterocycles. The van der Waals surface area contributed by atoms with Crippen LogP contribution >= 0.6 is 0 Å². The van der Waals surface area contributed by atoms with Crippen LogP contribution in [0.3, 0.4) is 0 Å². The van der Waals surface area contributed by atoms with Crippen LogP contribution in [0.1, 0.15) is 70.1 Å². The number of esters is 2. The molecule has 8 nitrogen and oxygen atoms in total. The second-order valence-corrected chi connectivity index (χ2v) is 9.26. The van der Waals surface area contributed by atoms with E-state index in [1.54, 1.807) is 60.7 Å². The highest BCUT2D eigenvalue weighted by Crippen LogP contribution is 2.44. The van der Waals surface area contributed by atoms with Crippen LogP contribution in [0.4, 0.5) is 0 Å². The summed E-state index contributed by atoms with van der Waals surface area (Å²) in [5.74, 6) is -1.74. The van der Waals surface area contributed by atoms with Gasteiger partial charge in [0.05, 0.1) is 42.9 Å². The molecule has 0 radical (unpaired) electrons. The van der Waals surface area contributed by atoms with Crippen LogP contribution in [0.5, 0.6) is 0 Å². The number of carbonyl (C=O) groups is 4. The van der Waals surface area contributed by atoms with Gasteiger partial charge in [-0.05, 0) is 72.5 Å². The molecule has 2 aliphatic rings. The number of hydrogen-bond acceptors (Lipinski definition) is 6. The third-order valence-corrected chi connectivity index (χ3v) is 7.37. The maximum absolute atomic E-state index is 13.1. The Morgan fingerprint density at radius 1 is 0.842 bits per heavy atom. The van der Waals surface area contributed by atoms with Gasteiger partial charge in [-0.1, -0.05) is 12.1 Å². The SMILES string of the molecule is [C-]#[N+]C1(CCN2C(=O)c3ccccc3C2=O)c2ccc(C(=O)OC)cc2CCc2cc(C(=O)OC)ccc21. The Bertz CT molecular complexity index is 1450. The number of rotatable bonds is 5. The summed E-state index contributed by atoms with van der Waals surface area (Å²) in [6, 6.07) is 16.9. The molecule has 38 heavy (non-hydrogen) atoms. The Balaban J connectivity index is 1.62. The first kappa shape index (κ1) is 24.9. The summed E-state index contributed by atoms with van der Waals surface area (Å²) in [6.07, 6.45) is 1.17. The molecule has 1 aliphatic heterocycles. The van der Waals surface area contributed by atoms with Gasteiger partial charge >= 0.3 is 11.9 Å². The molecule has 8 heteroatoms. The molecule has 0 spiro atoms. The van der Waals surface area contributed by atoms with Gasteiger partial charge in [-0.2, -0.15) is 0 Å². The molecule has 2 amide bonds. The Kier molecular flexibility index (Phi) is 6.29. The Hall–Kier alpha value is -4.77. The van der Waals surface area contributed by atoms with Crippen molar-refractivity contribution in [3.63, 3.8) is 0 Å². The topological polar surface area (TPSA) is 94.3 Å². The normalized spacial score (nSPS) is 15.0. The summed E-state index contributed by atoms with van der Waals surface area (Å²) >= 11 is 0. The molecule has 1 aliphatic carbocycles. The number of carbonyl (C=O) groups excluding carboxylic acids is 4. The molecule has 0 fully saturated rings. The van der Waals surface area contributed by atoms with E-state index in [9.17, 15) is 19.2 Å². The van der Waals surface area contributed by atoms with Crippen LogP contribution in [-0.2, 0) is 27.9 Å². The number of aryl methyl sites for hydroxylation is 2. The van der Waals surface area contributed by atoms with Gasteiger partial charge in [0.2, 0.25) is 0 Å². The highest BCUT2D eigenvalue weighted by Gasteiger charge is 2.48. The second-order valence-electron chi connectivity index (χ2n) is 9.26. The van der Waals surface area contributed by atoms with Gasteiger partial charge in [0.25, 0.3) is 17.4 Å². The van der Waals surface area contributed by atoms with Gasteiger partial charge in [0.15, 0.2) is 0 Å². The van der Waals surface area contributed by atoms with Gasteiger partial charge in [0.1, 0.15) is 0 Å². The van der Waals surface area contributed by atoms with E-state index < -0.39 is 17.5 Å². The van der Waals surface area contributed by atoms with E-state index in [4.69, 9.17) is 16.0 Å². The highest BCUT2D eigenvalue weighted by molar-refractivity contribution is 6.21. The predicted molar refractivity (Wildman–Crippen MR) is 137 cm³/mol. The van der Waals surface area contributed by atoms with Gasteiger partial charge in [-0.25, -0.2) is 16.2 Å². The standard InChI is InChI=1S/C30H24N2O6/c1-31-30(14-15-32-26(33)22-6-4-5-7-23(22)27(32)34)24-12-10-20(28(35)37-2)16-18(24)8-9-19-17-21(29(36)38-3)11-13-25(19)30/h4-7,10-13,16-17H,8-9,14-15H2,2-3H3. The summed E-state index contributed by atoms with van der Waals surface area (Å²) < 4.78 is 9.78. The van der Waals surface area contributed by atoms with Crippen molar-refractivity contribution in [1.29, 1.82) is 0 Å². The summed E-state index contributed by atoms with van der Waals surface area (Å²) in [4.78, 5) is 56.0. The zero-order chi connectivity index (χ0) is 27.0. The first-order valence-corrected chi connectivity index (χ1v) is 12.1. The average molecular weight is 509 g/mol. The maximum Gasteiger partial charge on any atom is 0.337 e. The molecule has 0 saturated carbocycles. The minimum absolute atomic E-state index is 0.0190. The minimum atomic E-state index is -1.26. The van der Waals surface area contributed by atoms with Crippen molar-refractivity contribution in [1.82, 2.24) is 4.90 Å². The number of benzene rings is 3. The van der Waals surface area contributed by atoms with Crippen LogP contribution in [0.25, 0.3) is 4.85 Å². The fraction of sp³-hybridized carbons (Fsp3) is 0.233. The lowest BCUT2D eigenvalue weighted by Gasteiger charge is -2.27.